The van der Waals surface area contributed by atoms with Crippen molar-refractivity contribution in [3.63, 3.8) is 0 Å². The van der Waals surface area contributed by atoms with Gasteiger partial charge in [0.1, 0.15) is 5.60 Å². The molecule has 0 spiro atoms. The number of guanidine groups is 1. The summed E-state index contributed by atoms with van der Waals surface area (Å²) < 4.78 is 10.7. The molecule has 1 amide bonds. The van der Waals surface area contributed by atoms with Crippen LogP contribution >= 0.6 is 0 Å². The third kappa shape index (κ3) is 7.69. The molecule has 2 aliphatic rings. The predicted molar refractivity (Wildman–Crippen MR) is 117 cm³/mol. The Morgan fingerprint density at radius 2 is 1.77 bits per heavy atom. The Hall–Kier alpha value is -1.99. The lowest BCUT2D eigenvalue weighted by molar-refractivity contribution is -0.149. The number of hydrogen-bond acceptors (Lipinski definition) is 5. The number of rotatable bonds is 5. The van der Waals surface area contributed by atoms with Crippen LogP contribution in [0.5, 0.6) is 0 Å². The highest BCUT2D eigenvalue weighted by atomic mass is 16.6. The van der Waals surface area contributed by atoms with Crippen molar-refractivity contribution in [2.24, 2.45) is 16.8 Å². The minimum atomic E-state index is -0.476. The van der Waals surface area contributed by atoms with Gasteiger partial charge in [0.05, 0.1) is 12.5 Å². The minimum Gasteiger partial charge on any atom is -0.466 e. The van der Waals surface area contributed by atoms with Crippen molar-refractivity contribution in [1.29, 1.82) is 0 Å². The second-order valence-corrected chi connectivity index (χ2v) is 9.14. The predicted octanol–water partition coefficient (Wildman–Crippen LogP) is 2.87. The first kappa shape index (κ1) is 24.3. The molecule has 30 heavy (non-hydrogen) atoms. The number of carbonyl (C=O) groups is 2. The molecule has 2 rings (SSSR count). The van der Waals surface area contributed by atoms with Crippen molar-refractivity contribution < 1.29 is 19.1 Å². The Morgan fingerprint density at radius 1 is 1.07 bits per heavy atom. The van der Waals surface area contributed by atoms with Crippen LogP contribution in [0.3, 0.4) is 0 Å². The molecule has 0 saturated carbocycles. The molecular weight excluding hydrogens is 384 g/mol. The van der Waals surface area contributed by atoms with Crippen LogP contribution in [0, 0.1) is 11.8 Å². The first-order chi connectivity index (χ1) is 14.2. The molecule has 8 heteroatoms. The normalized spacial score (nSPS) is 21.4. The first-order valence-corrected chi connectivity index (χ1v) is 11.4. The van der Waals surface area contributed by atoms with Crippen molar-refractivity contribution in [2.75, 3.05) is 45.9 Å². The first-order valence-electron chi connectivity index (χ1n) is 11.4. The lowest BCUT2D eigenvalue weighted by Gasteiger charge is -2.35. The van der Waals surface area contributed by atoms with E-state index in [1.165, 1.54) is 0 Å². The zero-order valence-electron chi connectivity index (χ0n) is 19.4. The lowest BCUT2D eigenvalue weighted by atomic mass is 9.97. The quantitative estimate of drug-likeness (QED) is 0.415. The van der Waals surface area contributed by atoms with Gasteiger partial charge in [0.2, 0.25) is 0 Å². The Morgan fingerprint density at radius 3 is 2.37 bits per heavy atom. The van der Waals surface area contributed by atoms with Gasteiger partial charge in [-0.2, -0.15) is 0 Å². The number of nitrogens with one attached hydrogen (secondary N) is 1. The Balaban J connectivity index is 1.90. The highest BCUT2D eigenvalue weighted by molar-refractivity contribution is 5.80. The molecule has 0 aromatic heterocycles. The summed E-state index contributed by atoms with van der Waals surface area (Å²) in [5, 5.41) is 3.38. The molecule has 0 aliphatic carbocycles. The topological polar surface area (TPSA) is 83.5 Å². The molecule has 0 bridgehead atoms. The number of piperidine rings is 2. The van der Waals surface area contributed by atoms with E-state index in [1.807, 2.05) is 32.6 Å². The average molecular weight is 425 g/mol. The van der Waals surface area contributed by atoms with Crippen molar-refractivity contribution in [3.05, 3.63) is 0 Å². The van der Waals surface area contributed by atoms with E-state index in [0.717, 1.165) is 57.8 Å². The number of esters is 1. The second-order valence-electron chi connectivity index (χ2n) is 9.14. The summed E-state index contributed by atoms with van der Waals surface area (Å²) in [6, 6.07) is 0. The van der Waals surface area contributed by atoms with E-state index in [-0.39, 0.29) is 18.0 Å². The van der Waals surface area contributed by atoms with E-state index in [9.17, 15) is 9.59 Å². The van der Waals surface area contributed by atoms with Crippen LogP contribution < -0.4 is 5.32 Å². The number of nitrogens with zero attached hydrogens (tertiary/aromatic N) is 3. The number of amides is 1. The monoisotopic (exact) mass is 424 g/mol. The minimum absolute atomic E-state index is 0.00944. The number of likely N-dealkylation sites (tertiary alicyclic amines) is 2. The van der Waals surface area contributed by atoms with Gasteiger partial charge in [-0.05, 0) is 66.2 Å². The van der Waals surface area contributed by atoms with E-state index in [4.69, 9.17) is 14.5 Å². The molecule has 2 aliphatic heterocycles. The molecular formula is C22H40N4O4. The Kier molecular flexibility index (Phi) is 9.24. The number of aliphatic imine (C=N–C) groups is 1. The van der Waals surface area contributed by atoms with Crippen LogP contribution in [0.2, 0.25) is 0 Å². The van der Waals surface area contributed by atoms with Gasteiger partial charge >= 0.3 is 12.1 Å². The van der Waals surface area contributed by atoms with Crippen LogP contribution in [0.15, 0.2) is 4.99 Å². The van der Waals surface area contributed by atoms with Gasteiger partial charge in [-0.15, -0.1) is 0 Å². The van der Waals surface area contributed by atoms with Crippen LogP contribution in [0.4, 0.5) is 4.79 Å². The maximum absolute atomic E-state index is 12.4. The second kappa shape index (κ2) is 11.4. The van der Waals surface area contributed by atoms with Crippen molar-refractivity contribution in [3.8, 4) is 0 Å². The van der Waals surface area contributed by atoms with E-state index in [1.54, 1.807) is 0 Å². The summed E-state index contributed by atoms with van der Waals surface area (Å²) in [5.41, 5.74) is -0.476. The molecule has 0 aromatic rings. The van der Waals surface area contributed by atoms with E-state index in [0.29, 0.717) is 25.6 Å². The lowest BCUT2D eigenvalue weighted by Crippen LogP contribution is -2.47. The SMILES string of the molecule is CCNC(=NCC1CCCN(C(=O)OC(C)(C)C)C1)N1CCC(C(=O)OCC)CC1. The van der Waals surface area contributed by atoms with Gasteiger partial charge in [0, 0.05) is 39.3 Å². The van der Waals surface area contributed by atoms with Gasteiger partial charge in [0.15, 0.2) is 5.96 Å². The summed E-state index contributed by atoms with van der Waals surface area (Å²) >= 11 is 0. The molecule has 1 N–H and O–H groups in total. The summed E-state index contributed by atoms with van der Waals surface area (Å²) in [4.78, 5) is 33.3. The number of hydrogen-bond donors (Lipinski definition) is 1. The molecule has 2 heterocycles. The zero-order valence-corrected chi connectivity index (χ0v) is 19.4. The molecule has 172 valence electrons. The third-order valence-corrected chi connectivity index (χ3v) is 5.42. The van der Waals surface area contributed by atoms with Crippen LogP contribution in [0.1, 0.15) is 60.3 Å². The Bertz CT molecular complexity index is 594. The number of ether oxygens (including phenoxy) is 2. The van der Waals surface area contributed by atoms with Crippen molar-refractivity contribution in [2.45, 2.75) is 65.9 Å². The molecule has 8 nitrogen and oxygen atoms in total. The standard InChI is InChI=1S/C22H40N4O4/c1-6-23-20(25-13-10-18(11-14-25)19(27)29-7-2)24-15-17-9-8-12-26(16-17)21(28)30-22(3,4)5/h17-18H,6-16H2,1-5H3,(H,23,24). The van der Waals surface area contributed by atoms with Crippen LogP contribution in [0.25, 0.3) is 0 Å². The molecule has 1 unspecified atom stereocenters. The maximum Gasteiger partial charge on any atom is 0.410 e. The van der Waals surface area contributed by atoms with Crippen LogP contribution in [-0.4, -0.2) is 79.3 Å². The molecule has 2 fully saturated rings. The summed E-state index contributed by atoms with van der Waals surface area (Å²) in [5.74, 6) is 1.14. The highest BCUT2D eigenvalue weighted by Crippen LogP contribution is 2.21. The molecule has 1 atom stereocenters. The van der Waals surface area contributed by atoms with E-state index in [2.05, 4.69) is 17.1 Å². The van der Waals surface area contributed by atoms with Gasteiger partial charge in [-0.3, -0.25) is 9.79 Å². The average Bonchev–Trinajstić information content (AvgIpc) is 2.70. The fourth-order valence-corrected chi connectivity index (χ4v) is 3.93. The fourth-order valence-electron chi connectivity index (χ4n) is 3.93. The summed E-state index contributed by atoms with van der Waals surface area (Å²) in [7, 11) is 0. The third-order valence-electron chi connectivity index (χ3n) is 5.42. The highest BCUT2D eigenvalue weighted by Gasteiger charge is 2.29. The molecule has 2 saturated heterocycles. The molecule has 0 aromatic carbocycles. The largest absolute Gasteiger partial charge is 0.466 e. The zero-order chi connectivity index (χ0) is 22.1. The summed E-state index contributed by atoms with van der Waals surface area (Å²) in [6.07, 6.45) is 3.39. The van der Waals surface area contributed by atoms with Crippen molar-refractivity contribution in [1.82, 2.24) is 15.1 Å². The van der Waals surface area contributed by atoms with Gasteiger partial charge in [0.25, 0.3) is 0 Å². The van der Waals surface area contributed by atoms with Crippen LogP contribution in [-0.2, 0) is 14.3 Å². The van der Waals surface area contributed by atoms with Gasteiger partial charge in [-0.1, -0.05) is 0 Å². The van der Waals surface area contributed by atoms with Gasteiger partial charge < -0.3 is 24.6 Å². The number of carbonyl (C=O) groups excluding carboxylic acids is 2. The Labute approximate surface area is 181 Å². The maximum atomic E-state index is 12.4. The fraction of sp³-hybridized carbons (Fsp3) is 0.864. The van der Waals surface area contributed by atoms with Crippen molar-refractivity contribution >= 4 is 18.0 Å². The smallest absolute Gasteiger partial charge is 0.410 e. The van der Waals surface area contributed by atoms with E-state index < -0.39 is 5.60 Å². The molecule has 0 radical (unpaired) electrons. The summed E-state index contributed by atoms with van der Waals surface area (Å²) in [6.45, 7) is 14.5. The van der Waals surface area contributed by atoms with Gasteiger partial charge in [-0.25, -0.2) is 4.79 Å². The van der Waals surface area contributed by atoms with E-state index >= 15 is 0 Å².